The lowest BCUT2D eigenvalue weighted by Crippen LogP contribution is -2.32. The van der Waals surface area contributed by atoms with E-state index in [4.69, 9.17) is 0 Å². The Labute approximate surface area is 118 Å². The number of rotatable bonds is 3. The van der Waals surface area contributed by atoms with E-state index < -0.39 is 23.3 Å². The monoisotopic (exact) mass is 291 g/mol. The summed E-state index contributed by atoms with van der Waals surface area (Å²) in [4.78, 5) is 24.8. The van der Waals surface area contributed by atoms with Gasteiger partial charge in [-0.05, 0) is 12.1 Å². The summed E-state index contributed by atoms with van der Waals surface area (Å²) in [5.74, 6) is -3.50. The van der Waals surface area contributed by atoms with Crippen LogP contribution in [0.5, 0.6) is 0 Å². The van der Waals surface area contributed by atoms with Crippen LogP contribution in [0.15, 0.2) is 24.4 Å². The molecular formula is C14H11F2N3O2. The molecule has 0 aliphatic carbocycles. The molecule has 3 rings (SSSR count). The van der Waals surface area contributed by atoms with Crippen molar-refractivity contribution in [2.45, 2.75) is 6.42 Å². The number of amides is 1. The van der Waals surface area contributed by atoms with Gasteiger partial charge in [0.15, 0.2) is 5.82 Å². The molecule has 1 aliphatic rings. The minimum absolute atomic E-state index is 0.125. The van der Waals surface area contributed by atoms with Crippen LogP contribution < -0.4 is 4.90 Å². The van der Waals surface area contributed by atoms with Crippen molar-refractivity contribution in [2.75, 3.05) is 11.4 Å². The van der Waals surface area contributed by atoms with Gasteiger partial charge in [-0.1, -0.05) is 0 Å². The molecule has 0 spiro atoms. The van der Waals surface area contributed by atoms with Crippen molar-refractivity contribution in [3.63, 3.8) is 0 Å². The Morgan fingerprint density at radius 3 is 2.67 bits per heavy atom. The van der Waals surface area contributed by atoms with Crippen molar-refractivity contribution in [3.8, 4) is 0 Å². The van der Waals surface area contributed by atoms with Gasteiger partial charge < -0.3 is 4.90 Å². The zero-order chi connectivity index (χ0) is 15.1. The summed E-state index contributed by atoms with van der Waals surface area (Å²) in [5, 5.41) is 3.99. The molecule has 108 valence electrons. The van der Waals surface area contributed by atoms with E-state index in [9.17, 15) is 18.4 Å². The molecule has 2 aromatic rings. The highest BCUT2D eigenvalue weighted by Crippen LogP contribution is 2.32. The van der Waals surface area contributed by atoms with Gasteiger partial charge in [-0.25, -0.2) is 8.78 Å². The van der Waals surface area contributed by atoms with Gasteiger partial charge in [-0.2, -0.15) is 5.10 Å². The highest BCUT2D eigenvalue weighted by Gasteiger charge is 2.38. The molecule has 1 aliphatic heterocycles. The predicted octanol–water partition coefficient (Wildman–Crippen LogP) is 1.47. The van der Waals surface area contributed by atoms with Gasteiger partial charge in [-0.3, -0.25) is 14.3 Å². The Hall–Kier alpha value is -2.57. The summed E-state index contributed by atoms with van der Waals surface area (Å²) in [6.45, 7) is 0.125. The Morgan fingerprint density at radius 2 is 2.00 bits per heavy atom. The number of aromatic nitrogens is 2. The van der Waals surface area contributed by atoms with Crippen LogP contribution in [-0.2, 0) is 18.3 Å². The number of carbonyl (C=O) groups excluding carboxylic acids is 2. The number of aryl methyl sites for hydroxylation is 1. The second-order valence-corrected chi connectivity index (χ2v) is 4.77. The number of hydrogen-bond donors (Lipinski definition) is 0. The highest BCUT2D eigenvalue weighted by atomic mass is 19.1. The van der Waals surface area contributed by atoms with E-state index in [-0.39, 0.29) is 17.8 Å². The summed E-state index contributed by atoms with van der Waals surface area (Å²) >= 11 is 0. The molecule has 2 heterocycles. The lowest BCUT2D eigenvalue weighted by Gasteiger charge is -2.17. The molecular weight excluding hydrogens is 280 g/mol. The maximum absolute atomic E-state index is 13.9. The van der Waals surface area contributed by atoms with Crippen molar-refractivity contribution in [1.29, 1.82) is 0 Å². The van der Waals surface area contributed by atoms with Crippen LogP contribution in [0, 0.1) is 11.6 Å². The third-order valence-corrected chi connectivity index (χ3v) is 3.50. The van der Waals surface area contributed by atoms with Crippen LogP contribution in [0.3, 0.4) is 0 Å². The molecule has 0 N–H and O–H groups in total. The smallest absolute Gasteiger partial charge is 0.299 e. The predicted molar refractivity (Wildman–Crippen MR) is 70.0 cm³/mol. The van der Waals surface area contributed by atoms with E-state index >= 15 is 0 Å². The Bertz CT molecular complexity index is 755. The van der Waals surface area contributed by atoms with Gasteiger partial charge in [-0.15, -0.1) is 0 Å². The van der Waals surface area contributed by atoms with Crippen molar-refractivity contribution in [3.05, 3.63) is 47.3 Å². The average Bonchev–Trinajstić information content (AvgIpc) is 2.93. The fraction of sp³-hybridized carbons (Fsp3) is 0.214. The molecule has 0 saturated carbocycles. The zero-order valence-corrected chi connectivity index (χ0v) is 11.1. The Balaban J connectivity index is 1.93. The van der Waals surface area contributed by atoms with E-state index in [2.05, 4.69) is 5.10 Å². The van der Waals surface area contributed by atoms with Crippen LogP contribution in [-0.4, -0.2) is 28.0 Å². The van der Waals surface area contributed by atoms with Gasteiger partial charge in [0.1, 0.15) is 5.82 Å². The minimum atomic E-state index is -0.908. The molecule has 0 fully saturated rings. The molecule has 0 bridgehead atoms. The highest BCUT2D eigenvalue weighted by molar-refractivity contribution is 6.52. The quantitative estimate of drug-likeness (QED) is 0.805. The van der Waals surface area contributed by atoms with E-state index in [0.717, 1.165) is 16.7 Å². The normalized spacial score (nSPS) is 14.0. The van der Waals surface area contributed by atoms with Gasteiger partial charge in [0, 0.05) is 38.0 Å². The molecule has 7 heteroatoms. The maximum atomic E-state index is 13.9. The number of hydrogen-bond acceptors (Lipinski definition) is 3. The van der Waals surface area contributed by atoms with E-state index in [1.165, 1.54) is 0 Å². The standard InChI is InChI=1S/C14H11F2N3O2/c1-18-9(2-4-17-18)3-5-19-12-10(13(20)14(19)21)6-8(15)7-11(12)16/h2,4,6-7H,3,5H2,1H3. The summed E-state index contributed by atoms with van der Waals surface area (Å²) in [7, 11) is 1.75. The van der Waals surface area contributed by atoms with Crippen LogP contribution >= 0.6 is 0 Å². The third-order valence-electron chi connectivity index (χ3n) is 3.50. The molecule has 1 amide bonds. The summed E-state index contributed by atoms with van der Waals surface area (Å²) in [6, 6.07) is 3.33. The molecule has 21 heavy (non-hydrogen) atoms. The van der Waals surface area contributed by atoms with Crippen LogP contribution in [0.4, 0.5) is 14.5 Å². The lowest BCUT2D eigenvalue weighted by molar-refractivity contribution is -0.114. The minimum Gasteiger partial charge on any atom is -0.302 e. The van der Waals surface area contributed by atoms with Crippen molar-refractivity contribution in [1.82, 2.24) is 9.78 Å². The fourth-order valence-corrected chi connectivity index (χ4v) is 2.44. The van der Waals surface area contributed by atoms with Crippen LogP contribution in [0.1, 0.15) is 16.1 Å². The van der Waals surface area contributed by atoms with E-state index in [1.54, 1.807) is 24.0 Å². The van der Waals surface area contributed by atoms with Crippen LogP contribution in [0.25, 0.3) is 0 Å². The largest absolute Gasteiger partial charge is 0.302 e. The molecule has 0 atom stereocenters. The van der Waals surface area contributed by atoms with Crippen LogP contribution in [0.2, 0.25) is 0 Å². The molecule has 0 unspecified atom stereocenters. The SMILES string of the molecule is Cn1nccc1CCN1C(=O)C(=O)c2cc(F)cc(F)c21. The maximum Gasteiger partial charge on any atom is 0.299 e. The molecule has 0 saturated heterocycles. The zero-order valence-electron chi connectivity index (χ0n) is 11.1. The van der Waals surface area contributed by atoms with Gasteiger partial charge in [0.25, 0.3) is 11.7 Å². The number of benzene rings is 1. The number of ketones is 1. The number of fused-ring (bicyclic) bond motifs is 1. The van der Waals surface area contributed by atoms with E-state index in [0.29, 0.717) is 12.5 Å². The van der Waals surface area contributed by atoms with Crippen molar-refractivity contribution in [2.24, 2.45) is 7.05 Å². The molecule has 5 nitrogen and oxygen atoms in total. The second-order valence-electron chi connectivity index (χ2n) is 4.77. The van der Waals surface area contributed by atoms with Crippen molar-refractivity contribution < 1.29 is 18.4 Å². The topological polar surface area (TPSA) is 55.2 Å². The first kappa shape index (κ1) is 13.4. The first-order chi connectivity index (χ1) is 9.99. The van der Waals surface area contributed by atoms with Gasteiger partial charge in [0.05, 0.1) is 11.3 Å². The average molecular weight is 291 g/mol. The summed E-state index contributed by atoms with van der Waals surface area (Å²) in [5.41, 5.74) is 0.474. The number of Topliss-reactive ketones (excluding diaryl/α,β-unsaturated/α-hetero) is 1. The Kier molecular flexibility index (Phi) is 3.04. The number of halogens is 2. The molecule has 1 aromatic heterocycles. The first-order valence-electron chi connectivity index (χ1n) is 6.31. The molecule has 0 radical (unpaired) electrons. The third kappa shape index (κ3) is 2.10. The second kappa shape index (κ2) is 4.76. The number of nitrogens with zero attached hydrogens (tertiary/aromatic N) is 3. The summed E-state index contributed by atoms with van der Waals surface area (Å²) in [6.07, 6.45) is 2.02. The first-order valence-corrected chi connectivity index (χ1v) is 6.31. The summed E-state index contributed by atoms with van der Waals surface area (Å²) < 4.78 is 28.7. The van der Waals surface area contributed by atoms with Gasteiger partial charge in [0.2, 0.25) is 0 Å². The van der Waals surface area contributed by atoms with E-state index in [1.807, 2.05) is 0 Å². The fourth-order valence-electron chi connectivity index (χ4n) is 2.44. The number of anilines is 1. The van der Waals surface area contributed by atoms with Crippen molar-refractivity contribution >= 4 is 17.4 Å². The molecule has 1 aromatic carbocycles. The number of carbonyl (C=O) groups is 2. The Morgan fingerprint density at radius 1 is 1.24 bits per heavy atom. The lowest BCUT2D eigenvalue weighted by atomic mass is 10.1. The van der Waals surface area contributed by atoms with Gasteiger partial charge >= 0.3 is 0 Å².